The normalized spacial score (nSPS) is 19.1. The average molecular weight is 350 g/mol. The molecule has 2 aromatic rings. The summed E-state index contributed by atoms with van der Waals surface area (Å²) in [6.45, 7) is 4.57. The summed E-state index contributed by atoms with van der Waals surface area (Å²) in [4.78, 5) is 4.38. The number of fused-ring (bicyclic) bond motifs is 1. The molecule has 0 bridgehead atoms. The van der Waals surface area contributed by atoms with E-state index >= 15 is 0 Å². The zero-order valence-electron chi connectivity index (χ0n) is 13.6. The van der Waals surface area contributed by atoms with E-state index in [1.807, 2.05) is 29.2 Å². The van der Waals surface area contributed by atoms with Crippen LogP contribution < -0.4 is 15.4 Å². The van der Waals surface area contributed by atoms with Gasteiger partial charge in [-0.15, -0.1) is 12.4 Å². The molecule has 1 aliphatic heterocycles. The van der Waals surface area contributed by atoms with Gasteiger partial charge in [-0.2, -0.15) is 5.10 Å². The first-order valence-corrected chi connectivity index (χ1v) is 8.41. The number of halogens is 1. The maximum absolute atomic E-state index is 5.66. The lowest BCUT2D eigenvalue weighted by Gasteiger charge is -2.25. The minimum atomic E-state index is 0. The van der Waals surface area contributed by atoms with Gasteiger partial charge in [-0.05, 0) is 24.3 Å². The molecule has 0 saturated heterocycles. The molecule has 0 amide bonds. The quantitative estimate of drug-likeness (QED) is 0.803. The summed E-state index contributed by atoms with van der Waals surface area (Å²) in [6.07, 6.45) is 6.35. The first-order valence-electron chi connectivity index (χ1n) is 8.41. The number of rotatable bonds is 7. The fourth-order valence-electron chi connectivity index (χ4n) is 2.83. The summed E-state index contributed by atoms with van der Waals surface area (Å²) in [5.41, 5.74) is 1.19. The molecule has 3 heterocycles. The highest BCUT2D eigenvalue weighted by Gasteiger charge is 2.22. The summed E-state index contributed by atoms with van der Waals surface area (Å²) >= 11 is 0. The SMILES string of the molecule is Cl.c1cc2n(n1)CC(CNCc1ccc(OCC3CC3)nc1)CN2. The van der Waals surface area contributed by atoms with Gasteiger partial charge in [-0.1, -0.05) is 6.07 Å². The van der Waals surface area contributed by atoms with Gasteiger partial charge in [-0.25, -0.2) is 9.67 Å². The summed E-state index contributed by atoms with van der Waals surface area (Å²) in [5, 5.41) is 11.2. The van der Waals surface area contributed by atoms with Gasteiger partial charge >= 0.3 is 0 Å². The van der Waals surface area contributed by atoms with E-state index in [2.05, 4.69) is 26.8 Å². The van der Waals surface area contributed by atoms with E-state index in [9.17, 15) is 0 Å². The number of aromatic nitrogens is 3. The Morgan fingerprint density at radius 1 is 1.25 bits per heavy atom. The van der Waals surface area contributed by atoms with Gasteiger partial charge in [0.2, 0.25) is 5.88 Å². The third-order valence-electron chi connectivity index (χ3n) is 4.44. The van der Waals surface area contributed by atoms with Crippen molar-refractivity contribution in [3.63, 3.8) is 0 Å². The molecule has 1 saturated carbocycles. The molecule has 4 rings (SSSR count). The van der Waals surface area contributed by atoms with Crippen LogP contribution in [0.4, 0.5) is 5.82 Å². The minimum Gasteiger partial charge on any atom is -0.477 e. The van der Waals surface area contributed by atoms with E-state index in [1.165, 1.54) is 18.4 Å². The number of hydrogen-bond acceptors (Lipinski definition) is 5. The molecule has 2 aliphatic rings. The van der Waals surface area contributed by atoms with Gasteiger partial charge in [0.1, 0.15) is 5.82 Å². The first kappa shape index (κ1) is 17.0. The van der Waals surface area contributed by atoms with Crippen LogP contribution in [-0.4, -0.2) is 34.5 Å². The molecule has 1 fully saturated rings. The van der Waals surface area contributed by atoms with E-state index in [-0.39, 0.29) is 12.4 Å². The predicted octanol–water partition coefficient (Wildman–Crippen LogP) is 2.32. The summed E-state index contributed by atoms with van der Waals surface area (Å²) in [6, 6.07) is 6.08. The Kier molecular flexibility index (Phi) is 5.58. The van der Waals surface area contributed by atoms with Gasteiger partial charge in [-0.3, -0.25) is 0 Å². The molecule has 130 valence electrons. The lowest BCUT2D eigenvalue weighted by Crippen LogP contribution is -2.35. The van der Waals surface area contributed by atoms with Crippen molar-refractivity contribution >= 4 is 18.2 Å². The van der Waals surface area contributed by atoms with Gasteiger partial charge < -0.3 is 15.4 Å². The Morgan fingerprint density at radius 3 is 2.96 bits per heavy atom. The predicted molar refractivity (Wildman–Crippen MR) is 95.6 cm³/mol. The van der Waals surface area contributed by atoms with Crippen molar-refractivity contribution in [2.45, 2.75) is 25.9 Å². The molecule has 1 unspecified atom stereocenters. The summed E-state index contributed by atoms with van der Waals surface area (Å²) in [7, 11) is 0. The number of anilines is 1. The van der Waals surface area contributed by atoms with Crippen molar-refractivity contribution in [1.29, 1.82) is 0 Å². The van der Waals surface area contributed by atoms with Crippen LogP contribution >= 0.6 is 12.4 Å². The molecule has 24 heavy (non-hydrogen) atoms. The van der Waals surface area contributed by atoms with Crippen molar-refractivity contribution in [2.75, 3.05) is 25.0 Å². The summed E-state index contributed by atoms with van der Waals surface area (Å²) in [5.74, 6) is 3.17. The second-order valence-electron chi connectivity index (χ2n) is 6.54. The second kappa shape index (κ2) is 7.85. The van der Waals surface area contributed by atoms with Crippen molar-refractivity contribution < 1.29 is 4.74 Å². The molecule has 6 nitrogen and oxygen atoms in total. The maximum atomic E-state index is 5.66. The highest BCUT2D eigenvalue weighted by molar-refractivity contribution is 5.85. The van der Waals surface area contributed by atoms with Crippen molar-refractivity contribution in [2.24, 2.45) is 11.8 Å². The van der Waals surface area contributed by atoms with Crippen LogP contribution in [0.1, 0.15) is 18.4 Å². The first-order chi connectivity index (χ1) is 11.4. The number of pyridine rings is 1. The van der Waals surface area contributed by atoms with E-state index < -0.39 is 0 Å². The maximum Gasteiger partial charge on any atom is 0.213 e. The number of nitrogens with one attached hydrogen (secondary N) is 2. The summed E-state index contributed by atoms with van der Waals surface area (Å²) < 4.78 is 7.69. The van der Waals surface area contributed by atoms with Gasteiger partial charge in [0.15, 0.2) is 0 Å². The van der Waals surface area contributed by atoms with Gasteiger partial charge in [0, 0.05) is 50.4 Å². The lowest BCUT2D eigenvalue weighted by atomic mass is 10.1. The third kappa shape index (κ3) is 4.39. The van der Waals surface area contributed by atoms with E-state index in [0.29, 0.717) is 5.92 Å². The van der Waals surface area contributed by atoms with E-state index in [0.717, 1.165) is 50.4 Å². The lowest BCUT2D eigenvalue weighted by molar-refractivity contribution is 0.288. The van der Waals surface area contributed by atoms with Crippen LogP contribution in [0.5, 0.6) is 5.88 Å². The number of ether oxygens (including phenoxy) is 1. The molecular formula is C17H24ClN5O. The third-order valence-corrected chi connectivity index (χ3v) is 4.44. The minimum absolute atomic E-state index is 0. The van der Waals surface area contributed by atoms with Gasteiger partial charge in [0.05, 0.1) is 12.8 Å². The average Bonchev–Trinajstić information content (AvgIpc) is 3.30. The van der Waals surface area contributed by atoms with Crippen LogP contribution in [0, 0.1) is 11.8 Å². The molecule has 0 radical (unpaired) electrons. The Hall–Kier alpha value is -1.79. The Bertz CT molecular complexity index is 641. The van der Waals surface area contributed by atoms with E-state index in [1.54, 1.807) is 0 Å². The van der Waals surface area contributed by atoms with Crippen molar-refractivity contribution in [1.82, 2.24) is 20.1 Å². The monoisotopic (exact) mass is 349 g/mol. The largest absolute Gasteiger partial charge is 0.477 e. The zero-order valence-corrected chi connectivity index (χ0v) is 14.5. The fourth-order valence-corrected chi connectivity index (χ4v) is 2.83. The number of hydrogen-bond donors (Lipinski definition) is 2. The zero-order chi connectivity index (χ0) is 15.5. The Morgan fingerprint density at radius 2 is 2.17 bits per heavy atom. The molecular weight excluding hydrogens is 326 g/mol. The van der Waals surface area contributed by atoms with Crippen molar-refractivity contribution in [3.8, 4) is 5.88 Å². The van der Waals surface area contributed by atoms with Gasteiger partial charge in [0.25, 0.3) is 0 Å². The standard InChI is InChI=1S/C17H23N5O.ClH/c1-2-13(1)12-23-17-4-3-14(9-20-17)7-18-8-15-10-19-16-5-6-21-22(16)11-15;/h3-6,9,13,15,18-19H,1-2,7-8,10-12H2;1H. The van der Waals surface area contributed by atoms with Crippen LogP contribution in [0.25, 0.3) is 0 Å². The highest BCUT2D eigenvalue weighted by atomic mass is 35.5. The van der Waals surface area contributed by atoms with Crippen LogP contribution in [-0.2, 0) is 13.1 Å². The molecule has 1 aliphatic carbocycles. The molecule has 0 spiro atoms. The van der Waals surface area contributed by atoms with Crippen LogP contribution in [0.2, 0.25) is 0 Å². The molecule has 0 aromatic carbocycles. The smallest absolute Gasteiger partial charge is 0.213 e. The Labute approximate surface area is 148 Å². The number of nitrogens with zero attached hydrogens (tertiary/aromatic N) is 3. The Balaban J connectivity index is 0.00000169. The van der Waals surface area contributed by atoms with Crippen LogP contribution in [0.3, 0.4) is 0 Å². The fraction of sp³-hybridized carbons (Fsp3) is 0.529. The van der Waals surface area contributed by atoms with Crippen LogP contribution in [0.15, 0.2) is 30.6 Å². The molecule has 7 heteroatoms. The molecule has 2 N–H and O–H groups in total. The van der Waals surface area contributed by atoms with E-state index in [4.69, 9.17) is 4.74 Å². The molecule has 1 atom stereocenters. The second-order valence-corrected chi connectivity index (χ2v) is 6.54. The highest BCUT2D eigenvalue weighted by Crippen LogP contribution is 2.29. The van der Waals surface area contributed by atoms with Crippen molar-refractivity contribution in [3.05, 3.63) is 36.2 Å². The topological polar surface area (TPSA) is 64.0 Å². The molecule has 2 aromatic heterocycles.